The minimum absolute atomic E-state index is 0.0293. The molecule has 3 aromatic rings. The van der Waals surface area contributed by atoms with E-state index in [1.807, 2.05) is 41.1 Å². The molecule has 5 heteroatoms. The van der Waals surface area contributed by atoms with E-state index in [0.717, 1.165) is 29.3 Å². The lowest BCUT2D eigenvalue weighted by atomic mass is 10.2. The third kappa shape index (κ3) is 3.31. The zero-order valence-electron chi connectivity index (χ0n) is 11.7. The van der Waals surface area contributed by atoms with Crippen LogP contribution in [0.5, 0.6) is 0 Å². The molecule has 3 rings (SSSR count). The number of fused-ring (bicyclic) bond motifs is 1. The van der Waals surface area contributed by atoms with E-state index in [1.165, 1.54) is 0 Å². The second kappa shape index (κ2) is 6.26. The lowest BCUT2D eigenvalue weighted by Gasteiger charge is -2.07. The van der Waals surface area contributed by atoms with Crippen LogP contribution in [0.25, 0.3) is 10.9 Å². The standard InChI is InChI=1S/C16H17N3O2/c20-16(17-8-3-4-13-10-18-21-12-13)11-19-9-7-14-5-1-2-6-15(14)19/h1-2,5-7,9-10,12H,3-4,8,11H2,(H,17,20). The van der Waals surface area contributed by atoms with Crippen molar-refractivity contribution in [3.05, 3.63) is 54.6 Å². The highest BCUT2D eigenvalue weighted by Gasteiger charge is 2.05. The van der Waals surface area contributed by atoms with Crippen molar-refractivity contribution in [1.29, 1.82) is 0 Å². The minimum atomic E-state index is 0.0293. The molecular formula is C16H17N3O2. The van der Waals surface area contributed by atoms with E-state index in [2.05, 4.69) is 10.5 Å². The summed E-state index contributed by atoms with van der Waals surface area (Å²) in [5.41, 5.74) is 2.14. The number of hydrogen-bond acceptors (Lipinski definition) is 3. The second-order valence-corrected chi connectivity index (χ2v) is 4.99. The molecule has 0 saturated carbocycles. The van der Waals surface area contributed by atoms with E-state index < -0.39 is 0 Å². The molecule has 0 fully saturated rings. The lowest BCUT2D eigenvalue weighted by Crippen LogP contribution is -2.28. The fraction of sp³-hybridized carbons (Fsp3) is 0.250. The maximum atomic E-state index is 12.0. The van der Waals surface area contributed by atoms with E-state index >= 15 is 0 Å². The number of hydrogen-bond donors (Lipinski definition) is 1. The summed E-state index contributed by atoms with van der Waals surface area (Å²) in [5, 5.41) is 7.74. The van der Waals surface area contributed by atoms with Crippen LogP contribution in [-0.4, -0.2) is 22.2 Å². The first kappa shape index (κ1) is 13.4. The number of amides is 1. The minimum Gasteiger partial charge on any atom is -0.364 e. The van der Waals surface area contributed by atoms with Gasteiger partial charge in [-0.3, -0.25) is 4.79 Å². The lowest BCUT2D eigenvalue weighted by molar-refractivity contribution is -0.121. The molecule has 0 spiro atoms. The van der Waals surface area contributed by atoms with E-state index in [4.69, 9.17) is 4.52 Å². The quantitative estimate of drug-likeness (QED) is 0.707. The fourth-order valence-electron chi connectivity index (χ4n) is 2.36. The SMILES string of the molecule is O=C(Cn1ccc2ccccc21)NCCCc1cnoc1. The Morgan fingerprint density at radius 1 is 1.29 bits per heavy atom. The molecule has 2 aromatic heterocycles. The molecule has 0 unspecified atom stereocenters. The van der Waals surface area contributed by atoms with Crippen molar-refractivity contribution in [2.45, 2.75) is 19.4 Å². The summed E-state index contributed by atoms with van der Waals surface area (Å²) < 4.78 is 6.73. The van der Waals surface area contributed by atoms with Gasteiger partial charge in [0, 0.05) is 23.8 Å². The van der Waals surface area contributed by atoms with Crippen LogP contribution >= 0.6 is 0 Å². The first-order chi connectivity index (χ1) is 10.3. The van der Waals surface area contributed by atoms with Gasteiger partial charge in [-0.2, -0.15) is 0 Å². The van der Waals surface area contributed by atoms with E-state index in [1.54, 1.807) is 12.5 Å². The second-order valence-electron chi connectivity index (χ2n) is 4.99. The number of aromatic nitrogens is 2. The maximum absolute atomic E-state index is 12.0. The Hall–Kier alpha value is -2.56. The topological polar surface area (TPSA) is 60.1 Å². The summed E-state index contributed by atoms with van der Waals surface area (Å²) in [7, 11) is 0. The summed E-state index contributed by atoms with van der Waals surface area (Å²) in [6, 6.07) is 10.1. The zero-order valence-corrected chi connectivity index (χ0v) is 11.7. The van der Waals surface area contributed by atoms with Crippen LogP contribution in [0.3, 0.4) is 0 Å². The normalized spacial score (nSPS) is 10.9. The Kier molecular flexibility index (Phi) is 4.00. The van der Waals surface area contributed by atoms with Gasteiger partial charge in [-0.1, -0.05) is 23.4 Å². The molecule has 0 bridgehead atoms. The molecule has 21 heavy (non-hydrogen) atoms. The number of rotatable bonds is 6. The monoisotopic (exact) mass is 283 g/mol. The molecule has 1 N–H and O–H groups in total. The van der Waals surface area contributed by atoms with Gasteiger partial charge in [0.25, 0.3) is 0 Å². The number of para-hydroxylation sites is 1. The molecule has 1 aromatic carbocycles. The summed E-state index contributed by atoms with van der Waals surface area (Å²) in [6.45, 7) is 1.00. The van der Waals surface area contributed by atoms with Crippen molar-refractivity contribution in [1.82, 2.24) is 15.0 Å². The predicted molar refractivity (Wildman–Crippen MR) is 79.8 cm³/mol. The molecule has 0 aliphatic carbocycles. The van der Waals surface area contributed by atoms with Gasteiger partial charge in [0.2, 0.25) is 5.91 Å². The van der Waals surface area contributed by atoms with Gasteiger partial charge in [-0.05, 0) is 30.4 Å². The van der Waals surface area contributed by atoms with Crippen molar-refractivity contribution in [2.24, 2.45) is 0 Å². The Bertz CT molecular complexity index is 716. The summed E-state index contributed by atoms with van der Waals surface area (Å²) >= 11 is 0. The van der Waals surface area contributed by atoms with Crippen molar-refractivity contribution < 1.29 is 9.32 Å². The number of aryl methyl sites for hydroxylation is 1. The predicted octanol–water partition coefficient (Wildman–Crippen LogP) is 2.38. The number of carbonyl (C=O) groups is 1. The molecule has 0 aliphatic heterocycles. The third-order valence-corrected chi connectivity index (χ3v) is 3.44. The highest BCUT2D eigenvalue weighted by molar-refractivity contribution is 5.83. The van der Waals surface area contributed by atoms with Gasteiger partial charge < -0.3 is 14.4 Å². The Morgan fingerprint density at radius 2 is 2.19 bits per heavy atom. The van der Waals surface area contributed by atoms with E-state index in [-0.39, 0.29) is 5.91 Å². The van der Waals surface area contributed by atoms with Crippen LogP contribution in [-0.2, 0) is 17.8 Å². The smallest absolute Gasteiger partial charge is 0.239 e. The van der Waals surface area contributed by atoms with Crippen molar-refractivity contribution in [3.8, 4) is 0 Å². The number of nitrogens with zero attached hydrogens (tertiary/aromatic N) is 2. The molecule has 2 heterocycles. The Labute approximate surface area is 122 Å². The van der Waals surface area contributed by atoms with Gasteiger partial charge in [-0.25, -0.2) is 0 Å². The van der Waals surface area contributed by atoms with E-state index in [9.17, 15) is 4.79 Å². The first-order valence-electron chi connectivity index (χ1n) is 7.02. The zero-order chi connectivity index (χ0) is 14.5. The number of carbonyl (C=O) groups excluding carboxylic acids is 1. The molecule has 0 radical (unpaired) electrons. The largest absolute Gasteiger partial charge is 0.364 e. The van der Waals surface area contributed by atoms with E-state index in [0.29, 0.717) is 13.1 Å². The third-order valence-electron chi connectivity index (χ3n) is 3.44. The molecular weight excluding hydrogens is 266 g/mol. The van der Waals surface area contributed by atoms with Crippen LogP contribution in [0, 0.1) is 0 Å². The van der Waals surface area contributed by atoms with Crippen molar-refractivity contribution in [2.75, 3.05) is 6.54 Å². The molecule has 5 nitrogen and oxygen atoms in total. The van der Waals surface area contributed by atoms with Gasteiger partial charge in [0.1, 0.15) is 12.8 Å². The highest BCUT2D eigenvalue weighted by atomic mass is 16.5. The number of nitrogens with one attached hydrogen (secondary N) is 1. The molecule has 1 amide bonds. The van der Waals surface area contributed by atoms with Crippen LogP contribution in [0.2, 0.25) is 0 Å². The summed E-state index contributed by atoms with van der Waals surface area (Å²) in [5.74, 6) is 0.0293. The average Bonchev–Trinajstić information content (AvgIpc) is 3.14. The molecule has 108 valence electrons. The molecule has 0 aliphatic rings. The van der Waals surface area contributed by atoms with Crippen molar-refractivity contribution in [3.63, 3.8) is 0 Å². The van der Waals surface area contributed by atoms with Crippen LogP contribution in [0.1, 0.15) is 12.0 Å². The van der Waals surface area contributed by atoms with Crippen molar-refractivity contribution >= 4 is 16.8 Å². The fourth-order valence-corrected chi connectivity index (χ4v) is 2.36. The highest BCUT2D eigenvalue weighted by Crippen LogP contribution is 2.14. The van der Waals surface area contributed by atoms with Crippen LogP contribution in [0.4, 0.5) is 0 Å². The van der Waals surface area contributed by atoms with Gasteiger partial charge in [-0.15, -0.1) is 0 Å². The van der Waals surface area contributed by atoms with Gasteiger partial charge in [0.15, 0.2) is 0 Å². The maximum Gasteiger partial charge on any atom is 0.239 e. The summed E-state index contributed by atoms with van der Waals surface area (Å²) in [6.07, 6.45) is 7.01. The van der Waals surface area contributed by atoms with Crippen LogP contribution in [0.15, 0.2) is 53.5 Å². The molecule has 0 atom stereocenters. The Morgan fingerprint density at radius 3 is 3.05 bits per heavy atom. The summed E-state index contributed by atoms with van der Waals surface area (Å²) in [4.78, 5) is 12.0. The molecule has 0 saturated heterocycles. The van der Waals surface area contributed by atoms with Gasteiger partial charge >= 0.3 is 0 Å². The first-order valence-corrected chi connectivity index (χ1v) is 7.02. The Balaban J connectivity index is 1.48. The van der Waals surface area contributed by atoms with Gasteiger partial charge in [0.05, 0.1) is 6.20 Å². The van der Waals surface area contributed by atoms with Crippen LogP contribution < -0.4 is 5.32 Å². The number of benzene rings is 1. The average molecular weight is 283 g/mol.